The van der Waals surface area contributed by atoms with Crippen molar-refractivity contribution in [2.45, 2.75) is 103 Å². The summed E-state index contributed by atoms with van der Waals surface area (Å²) in [5.74, 6) is -2.41. The zero-order valence-electron chi connectivity index (χ0n) is 31.2. The average Bonchev–Trinajstić information content (AvgIpc) is 3.75. The number of likely N-dealkylation sites (N-methyl/N-ethyl adjacent to an activating group) is 2. The van der Waals surface area contributed by atoms with E-state index < -0.39 is 59.9 Å². The van der Waals surface area contributed by atoms with Gasteiger partial charge in [-0.15, -0.1) is 22.7 Å². The molecule has 0 unspecified atom stereocenters. The maximum absolute atomic E-state index is 14.2. The van der Waals surface area contributed by atoms with Crippen LogP contribution in [0.15, 0.2) is 10.8 Å². The number of nitrogens with zero attached hydrogens (tertiary/aromatic N) is 4. The highest BCUT2D eigenvalue weighted by Crippen LogP contribution is 2.34. The van der Waals surface area contributed by atoms with Crippen LogP contribution in [0.3, 0.4) is 0 Å². The summed E-state index contributed by atoms with van der Waals surface area (Å²) in [7, 11) is 3.59. The molecule has 54 heavy (non-hydrogen) atoms. The lowest BCUT2D eigenvalue weighted by molar-refractivity contribution is -0.149. The highest BCUT2D eigenvalue weighted by molar-refractivity contribution is 8.00. The average molecular weight is 819 g/mol. The van der Waals surface area contributed by atoms with Crippen molar-refractivity contribution >= 4 is 64.1 Å². The molecule has 19 heteroatoms. The molecule has 13 nitrogen and oxygen atoms in total. The number of halogens is 3. The van der Waals surface area contributed by atoms with Gasteiger partial charge in [0.25, 0.3) is 5.91 Å². The van der Waals surface area contributed by atoms with Crippen molar-refractivity contribution in [2.24, 2.45) is 17.8 Å². The SMILES string of the molecule is CC(=O)O[C@H](C[C@H](C(C)C)N(C)C(=O)[C@@H](NC(=O)[C@H]1CCCCN1C)C1CSC1)c1nc(C(=O)N[C@@H](Cc2nc(C(F)(F)F)cs2)C[C@H](C)C(=O)O)cs1. The molecule has 0 aromatic carbocycles. The van der Waals surface area contributed by atoms with Crippen molar-refractivity contribution in [2.75, 3.05) is 32.1 Å². The Hall–Kier alpha value is -3.29. The maximum atomic E-state index is 14.2. The van der Waals surface area contributed by atoms with Crippen LogP contribution in [-0.4, -0.2) is 111 Å². The molecule has 2 fully saturated rings. The Balaban J connectivity index is 1.51. The van der Waals surface area contributed by atoms with Gasteiger partial charge in [-0.05, 0) is 50.3 Å². The Bertz CT molecular complexity index is 1630. The van der Waals surface area contributed by atoms with E-state index in [2.05, 4.69) is 20.6 Å². The highest BCUT2D eigenvalue weighted by atomic mass is 32.2. The summed E-state index contributed by atoms with van der Waals surface area (Å²) >= 11 is 3.53. The molecular formula is C35H49F3N6O7S3. The first-order valence-corrected chi connectivity index (χ1v) is 20.8. The third-order valence-corrected chi connectivity index (χ3v) is 13.0. The van der Waals surface area contributed by atoms with Crippen LogP contribution in [0.1, 0.15) is 92.1 Å². The van der Waals surface area contributed by atoms with Crippen LogP contribution >= 0.6 is 34.4 Å². The maximum Gasteiger partial charge on any atom is 0.434 e. The normalized spacial score (nSPS) is 19.6. The molecule has 3 N–H and O–H groups in total. The number of carboxylic acids is 1. The Morgan fingerprint density at radius 2 is 1.76 bits per heavy atom. The smallest absolute Gasteiger partial charge is 0.434 e. The standard InChI is InChI=1S/C35H49F3N6O7S3/c1-18(2)25(44(6)33(48)29(21-14-52-15-21)42-31(47)24-9-7-8-10-43(24)5)13-26(51-20(4)45)32-40-23(16-54-32)30(46)39-22(11-19(3)34(49)50)12-28-41-27(17-53-28)35(36,37)38/h16-19,21-22,24-26,29H,7-15H2,1-6H3,(H,39,46)(H,42,47)(H,49,50)/t19-,22+,24+,25+,26+,29-/m0/s1. The lowest BCUT2D eigenvalue weighted by Crippen LogP contribution is -2.60. The predicted molar refractivity (Wildman–Crippen MR) is 199 cm³/mol. The lowest BCUT2D eigenvalue weighted by atomic mass is 9.93. The summed E-state index contributed by atoms with van der Waals surface area (Å²) in [6, 6.07) is -2.36. The number of carbonyl (C=O) groups is 5. The minimum atomic E-state index is -4.65. The Morgan fingerprint density at radius 3 is 2.31 bits per heavy atom. The van der Waals surface area contributed by atoms with E-state index in [-0.39, 0.29) is 64.7 Å². The third-order valence-electron chi connectivity index (χ3n) is 9.84. The summed E-state index contributed by atoms with van der Waals surface area (Å²) in [4.78, 5) is 76.7. The molecule has 0 bridgehead atoms. The molecule has 2 saturated heterocycles. The molecule has 0 aliphatic carbocycles. The van der Waals surface area contributed by atoms with Gasteiger partial charge >= 0.3 is 18.1 Å². The second-order valence-corrected chi connectivity index (χ2v) is 17.3. The van der Waals surface area contributed by atoms with Crippen molar-refractivity contribution in [3.8, 4) is 0 Å². The van der Waals surface area contributed by atoms with E-state index in [0.29, 0.717) is 0 Å². The van der Waals surface area contributed by atoms with Gasteiger partial charge in [0, 0.05) is 55.6 Å². The number of likely N-dealkylation sites (tertiary alicyclic amines) is 1. The van der Waals surface area contributed by atoms with E-state index in [1.807, 2.05) is 25.8 Å². The summed E-state index contributed by atoms with van der Waals surface area (Å²) in [6.07, 6.45) is -2.98. The largest absolute Gasteiger partial charge is 0.481 e. The number of carbonyl (C=O) groups excluding carboxylic acids is 4. The van der Waals surface area contributed by atoms with Gasteiger partial charge in [0.15, 0.2) is 11.8 Å². The summed E-state index contributed by atoms with van der Waals surface area (Å²) < 4.78 is 45.2. The van der Waals surface area contributed by atoms with E-state index >= 15 is 0 Å². The van der Waals surface area contributed by atoms with E-state index in [4.69, 9.17) is 4.74 Å². The number of aromatic nitrogens is 2. The molecule has 2 aliphatic rings. The van der Waals surface area contributed by atoms with Gasteiger partial charge in [-0.3, -0.25) is 28.9 Å². The molecule has 0 spiro atoms. The van der Waals surface area contributed by atoms with Crippen molar-refractivity contribution in [1.82, 2.24) is 30.4 Å². The van der Waals surface area contributed by atoms with Gasteiger partial charge in [0.2, 0.25) is 11.8 Å². The first kappa shape index (κ1) is 43.4. The molecule has 0 radical (unpaired) electrons. The molecule has 0 saturated carbocycles. The van der Waals surface area contributed by atoms with E-state index in [1.165, 1.54) is 19.2 Å². The molecule has 2 aromatic rings. The number of hydrogen-bond acceptors (Lipinski definition) is 12. The second-order valence-electron chi connectivity index (χ2n) is 14.4. The monoisotopic (exact) mass is 818 g/mol. The van der Waals surface area contributed by atoms with Gasteiger partial charge in [-0.1, -0.05) is 27.2 Å². The fourth-order valence-electron chi connectivity index (χ4n) is 6.63. The van der Waals surface area contributed by atoms with E-state index in [1.54, 1.807) is 23.7 Å². The first-order chi connectivity index (χ1) is 25.3. The summed E-state index contributed by atoms with van der Waals surface area (Å²) in [5, 5.41) is 17.9. The number of rotatable bonds is 17. The topological polar surface area (TPSA) is 171 Å². The van der Waals surface area contributed by atoms with E-state index in [0.717, 1.165) is 65.4 Å². The lowest BCUT2D eigenvalue weighted by Gasteiger charge is -2.40. The van der Waals surface area contributed by atoms with Gasteiger partial charge in [0.1, 0.15) is 16.7 Å². The fourth-order valence-corrected chi connectivity index (χ4v) is 9.24. The number of alkyl halides is 3. The van der Waals surface area contributed by atoms with Crippen molar-refractivity contribution in [1.29, 1.82) is 0 Å². The van der Waals surface area contributed by atoms with Crippen LogP contribution in [0, 0.1) is 17.8 Å². The molecule has 3 amide bonds. The number of carboxylic acid groups (broad SMARTS) is 1. The van der Waals surface area contributed by atoms with E-state index in [9.17, 15) is 42.3 Å². The van der Waals surface area contributed by atoms with Crippen LogP contribution in [0.5, 0.6) is 0 Å². The number of aliphatic carboxylic acids is 1. The Kier molecular flexibility index (Phi) is 15.3. The number of thioether (sulfide) groups is 1. The minimum absolute atomic E-state index is 0.0236. The molecule has 2 aliphatic heterocycles. The minimum Gasteiger partial charge on any atom is -0.481 e. The van der Waals surface area contributed by atoms with Crippen molar-refractivity contribution in [3.05, 3.63) is 32.2 Å². The number of esters is 1. The van der Waals surface area contributed by atoms with Gasteiger partial charge in [-0.25, -0.2) is 9.97 Å². The number of amides is 3. The van der Waals surface area contributed by atoms with Crippen LogP contribution in [0.4, 0.5) is 13.2 Å². The Labute approximate surface area is 325 Å². The van der Waals surface area contributed by atoms with Crippen LogP contribution < -0.4 is 10.6 Å². The van der Waals surface area contributed by atoms with Crippen molar-refractivity contribution in [3.63, 3.8) is 0 Å². The highest BCUT2D eigenvalue weighted by Gasteiger charge is 2.41. The zero-order valence-corrected chi connectivity index (χ0v) is 33.6. The van der Waals surface area contributed by atoms with Gasteiger partial charge in [0.05, 0.1) is 17.0 Å². The van der Waals surface area contributed by atoms with Crippen LogP contribution in [-0.2, 0) is 36.5 Å². The molecule has 300 valence electrons. The summed E-state index contributed by atoms with van der Waals surface area (Å²) in [6.45, 7) is 7.35. The first-order valence-electron chi connectivity index (χ1n) is 17.9. The molecule has 2 aromatic heterocycles. The molecule has 4 heterocycles. The summed E-state index contributed by atoms with van der Waals surface area (Å²) in [5.41, 5.74) is -1.13. The number of ether oxygens (including phenoxy) is 1. The van der Waals surface area contributed by atoms with Crippen LogP contribution in [0.2, 0.25) is 0 Å². The number of hydrogen-bond donors (Lipinski definition) is 3. The third kappa shape index (κ3) is 11.6. The number of nitrogens with one attached hydrogen (secondary N) is 2. The molecular weight excluding hydrogens is 770 g/mol. The molecule has 4 rings (SSSR count). The number of thiazole rings is 2. The number of piperidine rings is 1. The molecule has 6 atom stereocenters. The van der Waals surface area contributed by atoms with Gasteiger partial charge < -0.3 is 25.4 Å². The predicted octanol–water partition coefficient (Wildman–Crippen LogP) is 4.88. The van der Waals surface area contributed by atoms with Crippen molar-refractivity contribution < 1.29 is 47.0 Å². The fraction of sp³-hybridized carbons (Fsp3) is 0.686. The van der Waals surface area contributed by atoms with Crippen LogP contribution in [0.25, 0.3) is 0 Å². The van der Waals surface area contributed by atoms with Gasteiger partial charge in [-0.2, -0.15) is 24.9 Å². The zero-order chi connectivity index (χ0) is 39.9. The Morgan fingerprint density at radius 1 is 1.06 bits per heavy atom. The quantitative estimate of drug-likeness (QED) is 0.186. The second kappa shape index (κ2) is 19.0.